The summed E-state index contributed by atoms with van der Waals surface area (Å²) in [5, 5.41) is 7.16. The van der Waals surface area contributed by atoms with E-state index in [1.807, 2.05) is 10.9 Å². The summed E-state index contributed by atoms with van der Waals surface area (Å²) in [7, 11) is 0. The van der Waals surface area contributed by atoms with Crippen LogP contribution in [0.15, 0.2) is 12.4 Å². The maximum absolute atomic E-state index is 11.8. The molecule has 0 fully saturated rings. The highest BCUT2D eigenvalue weighted by Crippen LogP contribution is 2.08. The first kappa shape index (κ1) is 17.7. The number of nitrogens with two attached hydrogens (primary N) is 1. The summed E-state index contributed by atoms with van der Waals surface area (Å²) in [4.78, 5) is 14.1. The van der Waals surface area contributed by atoms with Gasteiger partial charge in [-0.15, -0.1) is 0 Å². The predicted octanol–water partition coefficient (Wildman–Crippen LogP) is 1.54. The van der Waals surface area contributed by atoms with E-state index in [0.29, 0.717) is 18.9 Å². The van der Waals surface area contributed by atoms with Crippen LogP contribution in [-0.4, -0.2) is 46.8 Å². The Kier molecular flexibility index (Phi) is 8.00. The minimum Gasteiger partial charge on any atom is -0.330 e. The monoisotopic (exact) mass is 295 g/mol. The first-order valence-corrected chi connectivity index (χ1v) is 7.83. The molecule has 6 heteroatoms. The molecule has 0 aliphatic rings. The molecule has 0 saturated carbocycles. The number of nitrogens with one attached hydrogen (secondary N) is 1. The first-order chi connectivity index (χ1) is 10.1. The molecule has 21 heavy (non-hydrogen) atoms. The van der Waals surface area contributed by atoms with E-state index in [9.17, 15) is 4.79 Å². The van der Waals surface area contributed by atoms with E-state index < -0.39 is 0 Å². The summed E-state index contributed by atoms with van der Waals surface area (Å²) in [5.74, 6) is 0.408. The number of hydrogen-bond donors (Lipinski definition) is 2. The van der Waals surface area contributed by atoms with Crippen molar-refractivity contribution in [3.8, 4) is 0 Å². The number of likely N-dealkylation sites (N-methyl/N-ethyl adjacent to an activating group) is 1. The molecule has 0 radical (unpaired) electrons. The number of anilines is 1. The SMILES string of the molecule is CCN(CC)CCn1cc(NC(=O)CCC(C)CN)cn1. The lowest BCUT2D eigenvalue weighted by molar-refractivity contribution is -0.116. The van der Waals surface area contributed by atoms with Gasteiger partial charge < -0.3 is 16.0 Å². The van der Waals surface area contributed by atoms with Gasteiger partial charge in [0.2, 0.25) is 5.91 Å². The number of nitrogens with zero attached hydrogens (tertiary/aromatic N) is 3. The second kappa shape index (κ2) is 9.52. The molecule has 0 aliphatic heterocycles. The molecule has 120 valence electrons. The summed E-state index contributed by atoms with van der Waals surface area (Å²) in [6, 6.07) is 0. The van der Waals surface area contributed by atoms with Crippen LogP contribution in [0, 0.1) is 5.92 Å². The number of aromatic nitrogens is 2. The van der Waals surface area contributed by atoms with E-state index in [2.05, 4.69) is 36.1 Å². The van der Waals surface area contributed by atoms with Gasteiger partial charge in [0.05, 0.1) is 18.4 Å². The predicted molar refractivity (Wildman–Crippen MR) is 86.1 cm³/mol. The number of carbonyl (C=O) groups excluding carboxylic acids is 1. The molecule has 0 aliphatic carbocycles. The lowest BCUT2D eigenvalue weighted by Crippen LogP contribution is -2.27. The van der Waals surface area contributed by atoms with Crippen molar-refractivity contribution in [2.24, 2.45) is 11.7 Å². The van der Waals surface area contributed by atoms with Crippen LogP contribution in [0.5, 0.6) is 0 Å². The molecular weight excluding hydrogens is 266 g/mol. The van der Waals surface area contributed by atoms with Gasteiger partial charge in [-0.3, -0.25) is 9.48 Å². The minimum atomic E-state index is 0.0265. The second-order valence-electron chi connectivity index (χ2n) is 5.45. The first-order valence-electron chi connectivity index (χ1n) is 7.83. The molecule has 1 rings (SSSR count). The van der Waals surface area contributed by atoms with Gasteiger partial charge in [0.1, 0.15) is 0 Å². The molecule has 1 amide bonds. The van der Waals surface area contributed by atoms with Crippen molar-refractivity contribution in [1.29, 1.82) is 0 Å². The standard InChI is InChI=1S/C15H29N5O/c1-4-19(5-2)8-9-20-12-14(11-17-20)18-15(21)7-6-13(3)10-16/h11-13H,4-10,16H2,1-3H3,(H,18,21). The lowest BCUT2D eigenvalue weighted by atomic mass is 10.1. The fraction of sp³-hybridized carbons (Fsp3) is 0.733. The number of rotatable bonds is 10. The molecule has 1 unspecified atom stereocenters. The highest BCUT2D eigenvalue weighted by atomic mass is 16.1. The smallest absolute Gasteiger partial charge is 0.224 e. The Hall–Kier alpha value is -1.40. The quantitative estimate of drug-likeness (QED) is 0.686. The Balaban J connectivity index is 2.35. The Bertz CT molecular complexity index is 414. The van der Waals surface area contributed by atoms with Gasteiger partial charge in [-0.25, -0.2) is 0 Å². The van der Waals surface area contributed by atoms with E-state index in [-0.39, 0.29) is 5.91 Å². The molecule has 3 N–H and O–H groups in total. The van der Waals surface area contributed by atoms with Crippen LogP contribution in [0.2, 0.25) is 0 Å². The van der Waals surface area contributed by atoms with Gasteiger partial charge in [0.25, 0.3) is 0 Å². The zero-order valence-electron chi connectivity index (χ0n) is 13.5. The maximum Gasteiger partial charge on any atom is 0.224 e. The second-order valence-corrected chi connectivity index (χ2v) is 5.45. The Morgan fingerprint density at radius 2 is 2.19 bits per heavy atom. The van der Waals surface area contributed by atoms with Crippen molar-refractivity contribution in [3.05, 3.63) is 12.4 Å². The third kappa shape index (κ3) is 6.73. The van der Waals surface area contributed by atoms with Crippen molar-refractivity contribution in [3.63, 3.8) is 0 Å². The number of amides is 1. The number of carbonyl (C=O) groups is 1. The lowest BCUT2D eigenvalue weighted by Gasteiger charge is -2.17. The maximum atomic E-state index is 11.8. The van der Waals surface area contributed by atoms with E-state index in [1.54, 1.807) is 6.20 Å². The third-order valence-corrected chi connectivity index (χ3v) is 3.72. The average molecular weight is 295 g/mol. The molecule has 0 aromatic carbocycles. The van der Waals surface area contributed by atoms with E-state index >= 15 is 0 Å². The molecule has 0 bridgehead atoms. The molecule has 0 spiro atoms. The van der Waals surface area contributed by atoms with Crippen LogP contribution < -0.4 is 11.1 Å². The van der Waals surface area contributed by atoms with Crippen molar-refractivity contribution < 1.29 is 4.79 Å². The molecule has 1 aromatic heterocycles. The fourth-order valence-electron chi connectivity index (χ4n) is 2.05. The number of hydrogen-bond acceptors (Lipinski definition) is 4. The van der Waals surface area contributed by atoms with Gasteiger partial charge in [-0.1, -0.05) is 20.8 Å². The summed E-state index contributed by atoms with van der Waals surface area (Å²) in [6.07, 6.45) is 4.90. The molecule has 1 aromatic rings. The summed E-state index contributed by atoms with van der Waals surface area (Å²) < 4.78 is 1.87. The van der Waals surface area contributed by atoms with E-state index in [4.69, 9.17) is 5.73 Å². The summed E-state index contributed by atoms with van der Waals surface area (Å²) >= 11 is 0. The van der Waals surface area contributed by atoms with Crippen LogP contribution in [0.3, 0.4) is 0 Å². The van der Waals surface area contributed by atoms with E-state index in [0.717, 1.165) is 38.3 Å². The Labute approximate surface area is 127 Å². The largest absolute Gasteiger partial charge is 0.330 e. The van der Waals surface area contributed by atoms with Crippen LogP contribution in [0.1, 0.15) is 33.6 Å². The minimum absolute atomic E-state index is 0.0265. The van der Waals surface area contributed by atoms with Crippen molar-refractivity contribution in [2.75, 3.05) is 31.5 Å². The average Bonchev–Trinajstić information content (AvgIpc) is 2.93. The van der Waals surface area contributed by atoms with Crippen LogP contribution in [0.25, 0.3) is 0 Å². The van der Waals surface area contributed by atoms with Gasteiger partial charge in [0, 0.05) is 19.2 Å². The van der Waals surface area contributed by atoms with Crippen LogP contribution in [0.4, 0.5) is 5.69 Å². The highest BCUT2D eigenvalue weighted by molar-refractivity contribution is 5.90. The normalized spacial score (nSPS) is 12.6. The van der Waals surface area contributed by atoms with Gasteiger partial charge in [-0.2, -0.15) is 5.10 Å². The van der Waals surface area contributed by atoms with Crippen molar-refractivity contribution in [2.45, 2.75) is 40.2 Å². The Morgan fingerprint density at radius 3 is 2.81 bits per heavy atom. The third-order valence-electron chi connectivity index (χ3n) is 3.72. The fourth-order valence-corrected chi connectivity index (χ4v) is 2.05. The molecule has 6 nitrogen and oxygen atoms in total. The van der Waals surface area contributed by atoms with Crippen molar-refractivity contribution in [1.82, 2.24) is 14.7 Å². The van der Waals surface area contributed by atoms with Crippen molar-refractivity contribution >= 4 is 11.6 Å². The van der Waals surface area contributed by atoms with Gasteiger partial charge >= 0.3 is 0 Å². The zero-order valence-corrected chi connectivity index (χ0v) is 13.5. The van der Waals surface area contributed by atoms with E-state index in [1.165, 1.54) is 0 Å². The molecule has 1 atom stereocenters. The molecule has 1 heterocycles. The van der Waals surface area contributed by atoms with Gasteiger partial charge in [0.15, 0.2) is 0 Å². The molecule has 0 saturated heterocycles. The Morgan fingerprint density at radius 1 is 1.48 bits per heavy atom. The van der Waals surface area contributed by atoms with Crippen LogP contribution in [-0.2, 0) is 11.3 Å². The van der Waals surface area contributed by atoms with Crippen LogP contribution >= 0.6 is 0 Å². The summed E-state index contributed by atoms with van der Waals surface area (Å²) in [6.45, 7) is 10.9. The zero-order chi connectivity index (χ0) is 15.7. The summed E-state index contributed by atoms with van der Waals surface area (Å²) in [5.41, 5.74) is 6.31. The topological polar surface area (TPSA) is 76.2 Å². The highest BCUT2D eigenvalue weighted by Gasteiger charge is 2.07. The van der Waals surface area contributed by atoms with Gasteiger partial charge in [-0.05, 0) is 32.0 Å². The molecular formula is C15H29N5O.